The molecule has 3 rings (SSSR count). The molecule has 2 heterocycles. The van der Waals surface area contributed by atoms with E-state index in [-0.39, 0.29) is 28.9 Å². The molecule has 2 aromatic rings. The van der Waals surface area contributed by atoms with E-state index < -0.39 is 0 Å². The second-order valence-electron chi connectivity index (χ2n) is 3.95. The van der Waals surface area contributed by atoms with E-state index >= 15 is 0 Å². The van der Waals surface area contributed by atoms with Crippen LogP contribution in [0.1, 0.15) is 11.3 Å². The Labute approximate surface area is 114 Å². The molecule has 0 atom stereocenters. The first kappa shape index (κ1) is 13.0. The molecule has 0 bridgehead atoms. The van der Waals surface area contributed by atoms with Gasteiger partial charge < -0.3 is 15.5 Å². The van der Waals surface area contributed by atoms with Crippen molar-refractivity contribution >= 4 is 24.0 Å². The number of aromatic amines is 1. The molecule has 1 aliphatic rings. The van der Waals surface area contributed by atoms with Gasteiger partial charge in [-0.15, -0.1) is 12.4 Å². The average Bonchev–Trinajstić information content (AvgIpc) is 2.85. The van der Waals surface area contributed by atoms with E-state index in [1.807, 2.05) is 0 Å². The molecule has 0 spiro atoms. The average molecular weight is 288 g/mol. The molecule has 96 valence electrons. The van der Waals surface area contributed by atoms with Gasteiger partial charge in [0.1, 0.15) is 17.2 Å². The lowest BCUT2D eigenvalue weighted by Gasteiger charge is -2.05. The molecule has 0 amide bonds. The normalized spacial score (nSPS) is 13.2. The Hall–Kier alpha value is -1.43. The zero-order valence-electron chi connectivity index (χ0n) is 9.20. The number of phenolic OH excluding ortho intramolecular Hbond substituents is 2. The zero-order chi connectivity index (χ0) is 12.0. The van der Waals surface area contributed by atoms with E-state index in [9.17, 15) is 10.2 Å². The smallest absolute Gasteiger partial charge is 0.137 e. The van der Waals surface area contributed by atoms with Crippen molar-refractivity contribution < 1.29 is 10.2 Å². The summed E-state index contributed by atoms with van der Waals surface area (Å²) in [5.74, 6) is -0.175. The molecule has 0 saturated heterocycles. The van der Waals surface area contributed by atoms with Gasteiger partial charge in [0.05, 0.1) is 10.7 Å². The second-order valence-corrected chi connectivity index (χ2v) is 4.36. The summed E-state index contributed by atoms with van der Waals surface area (Å²) in [6, 6.07) is 2.74. The molecular formula is C11H11Cl2N3O2. The van der Waals surface area contributed by atoms with Crippen LogP contribution in [-0.4, -0.2) is 20.4 Å². The van der Waals surface area contributed by atoms with Crippen molar-refractivity contribution in [2.45, 2.75) is 13.1 Å². The third-order valence-corrected chi connectivity index (χ3v) is 3.18. The molecule has 0 fully saturated rings. The molecule has 1 aromatic carbocycles. The number of benzene rings is 1. The van der Waals surface area contributed by atoms with Crippen molar-refractivity contribution in [2.24, 2.45) is 0 Å². The summed E-state index contributed by atoms with van der Waals surface area (Å²) in [6.07, 6.45) is 0. The number of aromatic hydroxyl groups is 2. The third kappa shape index (κ3) is 1.90. The Balaban J connectivity index is 0.00000120. The fourth-order valence-electron chi connectivity index (χ4n) is 2.01. The third-order valence-electron chi connectivity index (χ3n) is 2.88. The van der Waals surface area contributed by atoms with Crippen LogP contribution in [0.4, 0.5) is 0 Å². The van der Waals surface area contributed by atoms with Crippen LogP contribution in [0, 0.1) is 0 Å². The molecular weight excluding hydrogens is 277 g/mol. The first-order chi connectivity index (χ1) is 8.16. The lowest BCUT2D eigenvalue weighted by atomic mass is 10.1. The molecule has 18 heavy (non-hydrogen) atoms. The molecule has 0 unspecified atom stereocenters. The number of hydrogen-bond donors (Lipinski definition) is 4. The predicted molar refractivity (Wildman–Crippen MR) is 70.2 cm³/mol. The maximum absolute atomic E-state index is 9.83. The summed E-state index contributed by atoms with van der Waals surface area (Å²) in [6.45, 7) is 1.45. The molecule has 1 aliphatic heterocycles. The van der Waals surface area contributed by atoms with Crippen molar-refractivity contribution in [3.05, 3.63) is 28.4 Å². The molecule has 0 saturated carbocycles. The maximum atomic E-state index is 9.83. The maximum Gasteiger partial charge on any atom is 0.137 e. The van der Waals surface area contributed by atoms with Gasteiger partial charge in [0.25, 0.3) is 0 Å². The van der Waals surface area contributed by atoms with E-state index in [0.29, 0.717) is 17.8 Å². The van der Waals surface area contributed by atoms with Crippen LogP contribution in [0.5, 0.6) is 11.5 Å². The summed E-state index contributed by atoms with van der Waals surface area (Å²) < 4.78 is 0. The number of fused-ring (bicyclic) bond motifs is 1. The van der Waals surface area contributed by atoms with Crippen molar-refractivity contribution in [3.63, 3.8) is 0 Å². The quantitative estimate of drug-likeness (QED) is 0.648. The van der Waals surface area contributed by atoms with Gasteiger partial charge >= 0.3 is 0 Å². The topological polar surface area (TPSA) is 81.2 Å². The number of nitrogens with one attached hydrogen (secondary N) is 2. The van der Waals surface area contributed by atoms with Gasteiger partial charge in [-0.1, -0.05) is 11.6 Å². The number of nitrogens with zero attached hydrogens (tertiary/aromatic N) is 1. The highest BCUT2D eigenvalue weighted by molar-refractivity contribution is 6.32. The van der Waals surface area contributed by atoms with Gasteiger partial charge in [-0.05, 0) is 6.07 Å². The van der Waals surface area contributed by atoms with Crippen molar-refractivity contribution in [2.75, 3.05) is 0 Å². The van der Waals surface area contributed by atoms with Crippen molar-refractivity contribution in [3.8, 4) is 22.8 Å². The number of halogens is 2. The van der Waals surface area contributed by atoms with Crippen LogP contribution in [0.25, 0.3) is 11.3 Å². The summed E-state index contributed by atoms with van der Waals surface area (Å²) in [7, 11) is 0. The standard InChI is InChI=1S/C11H10ClN3O2.ClH/c12-7-1-5(9(16)2-10(7)17)11-6-3-13-4-8(6)14-15-11;/h1-2,13,16-17H,3-4H2,(H,14,15);1H. The van der Waals surface area contributed by atoms with Gasteiger partial charge in [-0.3, -0.25) is 5.10 Å². The van der Waals surface area contributed by atoms with Crippen LogP contribution < -0.4 is 5.32 Å². The van der Waals surface area contributed by atoms with Crippen LogP contribution in [-0.2, 0) is 13.1 Å². The van der Waals surface area contributed by atoms with Gasteiger partial charge in [-0.2, -0.15) is 5.10 Å². The lowest BCUT2D eigenvalue weighted by Crippen LogP contribution is -2.02. The first-order valence-corrected chi connectivity index (χ1v) is 5.53. The molecule has 5 nitrogen and oxygen atoms in total. The number of phenols is 2. The SMILES string of the molecule is Cl.Oc1cc(O)c(-c2n[nH]c3c2CNC3)cc1Cl. The van der Waals surface area contributed by atoms with Crippen molar-refractivity contribution in [1.82, 2.24) is 15.5 Å². The molecule has 1 aromatic heterocycles. The number of H-pyrrole nitrogens is 1. The molecule has 7 heteroatoms. The second kappa shape index (κ2) is 4.68. The largest absolute Gasteiger partial charge is 0.507 e. The fourth-order valence-corrected chi connectivity index (χ4v) is 2.18. The minimum absolute atomic E-state index is 0. The van der Waals surface area contributed by atoms with Gasteiger partial charge in [-0.25, -0.2) is 0 Å². The van der Waals surface area contributed by atoms with Gasteiger partial charge in [0, 0.05) is 30.3 Å². The molecule has 0 radical (unpaired) electrons. The summed E-state index contributed by atoms with van der Waals surface area (Å²) in [5, 5.41) is 29.7. The van der Waals surface area contributed by atoms with E-state index in [1.165, 1.54) is 12.1 Å². The summed E-state index contributed by atoms with van der Waals surface area (Å²) in [5.41, 5.74) is 3.24. The van der Waals surface area contributed by atoms with E-state index in [2.05, 4.69) is 15.5 Å². The summed E-state index contributed by atoms with van der Waals surface area (Å²) >= 11 is 5.84. The summed E-state index contributed by atoms with van der Waals surface area (Å²) in [4.78, 5) is 0. The highest BCUT2D eigenvalue weighted by atomic mass is 35.5. The van der Waals surface area contributed by atoms with E-state index in [1.54, 1.807) is 0 Å². The van der Waals surface area contributed by atoms with E-state index in [4.69, 9.17) is 11.6 Å². The highest BCUT2D eigenvalue weighted by Gasteiger charge is 2.21. The van der Waals surface area contributed by atoms with Gasteiger partial charge in [0.2, 0.25) is 0 Å². The Morgan fingerprint density at radius 3 is 2.72 bits per heavy atom. The Bertz CT molecular complexity index is 598. The van der Waals surface area contributed by atoms with Crippen molar-refractivity contribution in [1.29, 1.82) is 0 Å². The Kier molecular flexibility index (Phi) is 3.38. The van der Waals surface area contributed by atoms with Crippen LogP contribution in [0.15, 0.2) is 12.1 Å². The number of hydrogen-bond acceptors (Lipinski definition) is 4. The van der Waals surface area contributed by atoms with E-state index in [0.717, 1.165) is 17.8 Å². The monoisotopic (exact) mass is 287 g/mol. The Morgan fingerprint density at radius 2 is 1.94 bits per heavy atom. The zero-order valence-corrected chi connectivity index (χ0v) is 10.8. The molecule has 0 aliphatic carbocycles. The Morgan fingerprint density at radius 1 is 1.17 bits per heavy atom. The molecule has 4 N–H and O–H groups in total. The minimum Gasteiger partial charge on any atom is -0.507 e. The highest BCUT2D eigenvalue weighted by Crippen LogP contribution is 2.38. The number of aromatic nitrogens is 2. The lowest BCUT2D eigenvalue weighted by molar-refractivity contribution is 0.452. The predicted octanol–water partition coefficient (Wildman–Crippen LogP) is 2.17. The van der Waals surface area contributed by atoms with Crippen LogP contribution in [0.3, 0.4) is 0 Å². The van der Waals surface area contributed by atoms with Gasteiger partial charge in [0.15, 0.2) is 0 Å². The minimum atomic E-state index is -0.141. The first-order valence-electron chi connectivity index (χ1n) is 5.15. The number of rotatable bonds is 1. The van der Waals surface area contributed by atoms with Crippen LogP contribution in [0.2, 0.25) is 5.02 Å². The van der Waals surface area contributed by atoms with Crippen LogP contribution >= 0.6 is 24.0 Å². The fraction of sp³-hybridized carbons (Fsp3) is 0.182.